The molecule has 1 saturated heterocycles. The third kappa shape index (κ3) is 3.97. The Hall–Kier alpha value is -2.64. The van der Waals surface area contributed by atoms with Crippen LogP contribution in [0.25, 0.3) is 0 Å². The predicted octanol–water partition coefficient (Wildman–Crippen LogP) is 1.55. The van der Waals surface area contributed by atoms with E-state index in [0.717, 1.165) is 5.56 Å². The van der Waals surface area contributed by atoms with Crippen LogP contribution in [-0.2, 0) is 20.9 Å². The van der Waals surface area contributed by atoms with E-state index in [4.69, 9.17) is 9.47 Å². The quantitative estimate of drug-likeness (QED) is 0.464. The Balaban J connectivity index is 2.03. The summed E-state index contributed by atoms with van der Waals surface area (Å²) < 4.78 is 9.97. The van der Waals surface area contributed by atoms with Crippen LogP contribution in [0.1, 0.15) is 12.0 Å². The van der Waals surface area contributed by atoms with Crippen LogP contribution in [0.5, 0.6) is 0 Å². The van der Waals surface area contributed by atoms with Gasteiger partial charge in [0.1, 0.15) is 12.6 Å². The standard InChI is InChI=1S/C15H19N3O5/c1-17(16-21)12-8-13(14(19)22-2)18(9-12)15(20)23-10-11-6-4-3-5-7-11/h3-7,12-13H,8-10H2,1-2H3. The number of esters is 1. The number of nitrogens with zero attached hydrogens (tertiary/aromatic N) is 3. The zero-order chi connectivity index (χ0) is 16.8. The Labute approximate surface area is 133 Å². The highest BCUT2D eigenvalue weighted by Gasteiger charge is 2.43. The normalized spacial score (nSPS) is 20.0. The molecule has 0 radical (unpaired) electrons. The van der Waals surface area contributed by atoms with Gasteiger partial charge in [-0.3, -0.25) is 9.91 Å². The van der Waals surface area contributed by atoms with Gasteiger partial charge in [0.15, 0.2) is 0 Å². The van der Waals surface area contributed by atoms with Gasteiger partial charge in [-0.1, -0.05) is 30.3 Å². The lowest BCUT2D eigenvalue weighted by atomic mass is 10.2. The van der Waals surface area contributed by atoms with Crippen LogP contribution in [0.2, 0.25) is 0 Å². The van der Waals surface area contributed by atoms with E-state index >= 15 is 0 Å². The number of likely N-dealkylation sites (tertiary alicyclic amines) is 1. The molecule has 2 atom stereocenters. The lowest BCUT2D eigenvalue weighted by molar-refractivity contribution is -0.145. The molecule has 0 saturated carbocycles. The zero-order valence-corrected chi connectivity index (χ0v) is 13.0. The minimum atomic E-state index is -0.780. The van der Waals surface area contributed by atoms with Gasteiger partial charge in [0.25, 0.3) is 0 Å². The lowest BCUT2D eigenvalue weighted by Crippen LogP contribution is -2.41. The average molecular weight is 321 g/mol. The van der Waals surface area contributed by atoms with Gasteiger partial charge in [-0.15, -0.1) is 4.91 Å². The summed E-state index contributed by atoms with van der Waals surface area (Å²) in [6.07, 6.45) is -0.346. The summed E-state index contributed by atoms with van der Waals surface area (Å²) in [7, 11) is 2.76. The van der Waals surface area contributed by atoms with E-state index in [1.807, 2.05) is 30.3 Å². The number of benzene rings is 1. The predicted molar refractivity (Wildman–Crippen MR) is 81.1 cm³/mol. The van der Waals surface area contributed by atoms with E-state index in [0.29, 0.717) is 0 Å². The molecule has 0 N–H and O–H groups in total. The van der Waals surface area contributed by atoms with E-state index < -0.39 is 18.1 Å². The fourth-order valence-corrected chi connectivity index (χ4v) is 2.51. The second-order valence-corrected chi connectivity index (χ2v) is 5.28. The smallest absolute Gasteiger partial charge is 0.410 e. The molecule has 8 heteroatoms. The highest BCUT2D eigenvalue weighted by molar-refractivity contribution is 5.82. The van der Waals surface area contributed by atoms with Crippen molar-refractivity contribution in [3.63, 3.8) is 0 Å². The summed E-state index contributed by atoms with van der Waals surface area (Å²) in [6, 6.07) is 8.10. The average Bonchev–Trinajstić information content (AvgIpc) is 3.04. The highest BCUT2D eigenvalue weighted by atomic mass is 16.6. The van der Waals surface area contributed by atoms with Gasteiger partial charge in [-0.2, -0.15) is 0 Å². The molecule has 23 heavy (non-hydrogen) atoms. The first-order chi connectivity index (χ1) is 11.1. The van der Waals surface area contributed by atoms with Gasteiger partial charge >= 0.3 is 12.1 Å². The molecule has 2 unspecified atom stereocenters. The molecule has 1 heterocycles. The summed E-state index contributed by atoms with van der Waals surface area (Å²) in [5, 5.41) is 4.02. The van der Waals surface area contributed by atoms with Crippen molar-refractivity contribution in [1.29, 1.82) is 0 Å². The van der Waals surface area contributed by atoms with Crippen molar-refractivity contribution in [2.24, 2.45) is 5.29 Å². The van der Waals surface area contributed by atoms with Gasteiger partial charge in [-0.25, -0.2) is 9.59 Å². The van der Waals surface area contributed by atoms with Gasteiger partial charge in [0.2, 0.25) is 0 Å². The van der Waals surface area contributed by atoms with E-state index in [2.05, 4.69) is 5.29 Å². The Bertz CT molecular complexity index is 565. The van der Waals surface area contributed by atoms with E-state index in [9.17, 15) is 14.5 Å². The molecule has 0 bridgehead atoms. The molecule has 0 aliphatic carbocycles. The number of carbonyl (C=O) groups excluding carboxylic acids is 2. The van der Waals surface area contributed by atoms with Crippen LogP contribution >= 0.6 is 0 Å². The Morgan fingerprint density at radius 1 is 1.35 bits per heavy atom. The molecule has 8 nitrogen and oxygen atoms in total. The maximum absolute atomic E-state index is 12.3. The third-order valence-corrected chi connectivity index (χ3v) is 3.85. The Morgan fingerprint density at radius 2 is 2.04 bits per heavy atom. The van der Waals surface area contributed by atoms with Crippen molar-refractivity contribution in [2.45, 2.75) is 25.1 Å². The maximum atomic E-state index is 12.3. The molecule has 1 aromatic rings. The van der Waals surface area contributed by atoms with Crippen LogP contribution in [0.4, 0.5) is 4.79 Å². The highest BCUT2D eigenvalue weighted by Crippen LogP contribution is 2.24. The first-order valence-electron chi connectivity index (χ1n) is 7.18. The van der Waals surface area contributed by atoms with Crippen molar-refractivity contribution in [2.75, 3.05) is 20.7 Å². The molecule has 1 amide bonds. The number of ether oxygens (including phenoxy) is 2. The number of hydrogen-bond donors (Lipinski definition) is 0. The Kier molecular flexibility index (Phi) is 5.51. The van der Waals surface area contributed by atoms with Crippen LogP contribution in [0.3, 0.4) is 0 Å². The number of nitroso groups, excluding NO2 is 1. The molecule has 1 aromatic carbocycles. The molecule has 1 aliphatic rings. The van der Waals surface area contributed by atoms with E-state index in [1.165, 1.54) is 24.1 Å². The zero-order valence-electron chi connectivity index (χ0n) is 13.0. The number of rotatable bonds is 5. The Morgan fingerprint density at radius 3 is 2.65 bits per heavy atom. The van der Waals surface area contributed by atoms with Crippen molar-refractivity contribution >= 4 is 12.1 Å². The van der Waals surface area contributed by atoms with Crippen LogP contribution < -0.4 is 0 Å². The summed E-state index contributed by atoms with van der Waals surface area (Å²) >= 11 is 0. The van der Waals surface area contributed by atoms with Crippen molar-refractivity contribution in [3.8, 4) is 0 Å². The van der Waals surface area contributed by atoms with Crippen LogP contribution in [0.15, 0.2) is 35.6 Å². The van der Waals surface area contributed by atoms with Gasteiger partial charge < -0.3 is 9.47 Å². The second kappa shape index (κ2) is 7.57. The number of likely N-dealkylation sites (N-methyl/N-ethyl adjacent to an activating group) is 1. The minimum absolute atomic E-state index is 0.108. The molecule has 0 spiro atoms. The summed E-state index contributed by atoms with van der Waals surface area (Å²) in [4.78, 5) is 36.1. The number of carbonyl (C=O) groups is 2. The second-order valence-electron chi connectivity index (χ2n) is 5.28. The molecular formula is C15H19N3O5. The van der Waals surface area contributed by atoms with Gasteiger partial charge in [-0.05, 0) is 5.56 Å². The van der Waals surface area contributed by atoms with Crippen molar-refractivity contribution in [3.05, 3.63) is 40.8 Å². The first kappa shape index (κ1) is 16.7. The van der Waals surface area contributed by atoms with E-state index in [1.54, 1.807) is 0 Å². The van der Waals surface area contributed by atoms with Gasteiger partial charge in [0.05, 0.1) is 18.4 Å². The third-order valence-electron chi connectivity index (χ3n) is 3.85. The fourth-order valence-electron chi connectivity index (χ4n) is 2.51. The largest absolute Gasteiger partial charge is 0.467 e. The summed E-state index contributed by atoms with van der Waals surface area (Å²) in [6.45, 7) is 0.284. The summed E-state index contributed by atoms with van der Waals surface area (Å²) in [5.41, 5.74) is 0.845. The molecule has 2 rings (SSSR count). The van der Waals surface area contributed by atoms with E-state index in [-0.39, 0.29) is 25.6 Å². The molecule has 124 valence electrons. The van der Waals surface area contributed by atoms with Crippen LogP contribution in [0, 0.1) is 4.91 Å². The maximum Gasteiger partial charge on any atom is 0.410 e. The number of methoxy groups -OCH3 is 1. The lowest BCUT2D eigenvalue weighted by Gasteiger charge is -2.22. The molecule has 0 aromatic heterocycles. The monoisotopic (exact) mass is 321 g/mol. The summed E-state index contributed by atoms with van der Waals surface area (Å²) in [5.74, 6) is -0.538. The van der Waals surface area contributed by atoms with Gasteiger partial charge in [0, 0.05) is 20.0 Å². The molecule has 1 aliphatic heterocycles. The van der Waals surface area contributed by atoms with Crippen molar-refractivity contribution < 1.29 is 19.1 Å². The molecular weight excluding hydrogens is 302 g/mol. The topological polar surface area (TPSA) is 88.5 Å². The first-order valence-corrected chi connectivity index (χ1v) is 7.18. The molecule has 1 fully saturated rings. The SMILES string of the molecule is COC(=O)C1CC(N(C)N=O)CN1C(=O)OCc1ccccc1. The fraction of sp³-hybridized carbons (Fsp3) is 0.467. The number of hydrogen-bond acceptors (Lipinski definition) is 6. The van der Waals surface area contributed by atoms with Crippen LogP contribution in [-0.4, -0.2) is 54.8 Å². The number of amides is 1. The minimum Gasteiger partial charge on any atom is -0.467 e. The van der Waals surface area contributed by atoms with Crippen molar-refractivity contribution in [1.82, 2.24) is 9.91 Å².